The molecule has 0 rings (SSSR count). The number of thiocarbonyl (C=S) groups is 1. The molecule has 0 heterocycles. The van der Waals surface area contributed by atoms with Crippen LogP contribution in [0, 0.1) is 0 Å². The van der Waals surface area contributed by atoms with Crippen molar-refractivity contribution in [3.8, 4) is 0 Å². The molecule has 0 amide bonds. The Hall–Kier alpha value is -0.820. The summed E-state index contributed by atoms with van der Waals surface area (Å²) >= 11 is 6.58. The smallest absolute Gasteiger partial charge is 0.303 e. The topological polar surface area (TPSA) is 86.6 Å². The van der Waals surface area contributed by atoms with Gasteiger partial charge in [0.1, 0.15) is 4.32 Å². The number of thioether (sulfide) groups is 1. The first-order valence-electron chi connectivity index (χ1n) is 5.86. The molecule has 0 aliphatic heterocycles. The number of aliphatic carboxylic acids is 2. The lowest BCUT2D eigenvalue weighted by Gasteiger charge is -2.06. The van der Waals surface area contributed by atoms with Crippen molar-refractivity contribution < 1.29 is 19.8 Å². The van der Waals surface area contributed by atoms with Crippen LogP contribution in [0.2, 0.25) is 0 Å². The Morgan fingerprint density at radius 2 is 1.56 bits per heavy atom. The normalized spacial score (nSPS) is 10.0. The second kappa shape index (κ2) is 11.3. The van der Waals surface area contributed by atoms with Crippen LogP contribution in [0.25, 0.3) is 0 Å². The van der Waals surface area contributed by atoms with Crippen LogP contribution >= 0.6 is 24.0 Å². The van der Waals surface area contributed by atoms with Crippen LogP contribution in [-0.2, 0) is 9.59 Å². The van der Waals surface area contributed by atoms with Gasteiger partial charge in [-0.2, -0.15) is 0 Å². The average Bonchev–Trinajstić information content (AvgIpc) is 2.27. The van der Waals surface area contributed by atoms with Crippen molar-refractivity contribution in [1.82, 2.24) is 5.32 Å². The summed E-state index contributed by atoms with van der Waals surface area (Å²) in [5.74, 6) is -0.724. The number of unbranched alkanes of at least 4 members (excludes halogenated alkanes) is 2. The van der Waals surface area contributed by atoms with E-state index in [0.717, 1.165) is 18.6 Å². The molecule has 0 bridgehead atoms. The predicted molar refractivity (Wildman–Crippen MR) is 76.0 cm³/mol. The van der Waals surface area contributed by atoms with Gasteiger partial charge in [0.15, 0.2) is 0 Å². The van der Waals surface area contributed by atoms with Gasteiger partial charge in [0.25, 0.3) is 0 Å². The minimum atomic E-state index is -0.773. The van der Waals surface area contributed by atoms with E-state index < -0.39 is 11.9 Å². The van der Waals surface area contributed by atoms with Crippen LogP contribution in [0.5, 0.6) is 0 Å². The average molecular weight is 293 g/mol. The maximum absolute atomic E-state index is 10.3. The second-order valence-corrected chi connectivity index (χ2v) is 5.54. The summed E-state index contributed by atoms with van der Waals surface area (Å²) < 4.78 is 0.695. The van der Waals surface area contributed by atoms with Crippen molar-refractivity contribution in [2.75, 3.05) is 12.3 Å². The molecule has 5 nitrogen and oxygen atoms in total. The first-order valence-corrected chi connectivity index (χ1v) is 7.26. The Morgan fingerprint density at radius 1 is 1.00 bits per heavy atom. The molecule has 0 atom stereocenters. The first-order chi connectivity index (χ1) is 8.52. The van der Waals surface area contributed by atoms with Gasteiger partial charge < -0.3 is 15.5 Å². The lowest BCUT2D eigenvalue weighted by Crippen LogP contribution is -2.20. The van der Waals surface area contributed by atoms with Crippen molar-refractivity contribution in [1.29, 1.82) is 0 Å². The molecule has 0 saturated heterocycles. The molecular weight excluding hydrogens is 274 g/mol. The van der Waals surface area contributed by atoms with Gasteiger partial charge in [-0.25, -0.2) is 0 Å². The first kappa shape index (κ1) is 17.2. The van der Waals surface area contributed by atoms with Crippen LogP contribution in [0.3, 0.4) is 0 Å². The highest BCUT2D eigenvalue weighted by atomic mass is 32.2. The highest BCUT2D eigenvalue weighted by molar-refractivity contribution is 8.22. The minimum Gasteiger partial charge on any atom is -0.481 e. The quantitative estimate of drug-likeness (QED) is 0.420. The second-order valence-electron chi connectivity index (χ2n) is 3.76. The van der Waals surface area contributed by atoms with Crippen LogP contribution in [-0.4, -0.2) is 38.8 Å². The maximum atomic E-state index is 10.3. The zero-order chi connectivity index (χ0) is 13.8. The number of carboxylic acids is 2. The van der Waals surface area contributed by atoms with Crippen molar-refractivity contribution in [2.45, 2.75) is 38.5 Å². The van der Waals surface area contributed by atoms with Crippen molar-refractivity contribution >= 4 is 40.2 Å². The van der Waals surface area contributed by atoms with Gasteiger partial charge >= 0.3 is 11.9 Å². The Kier molecular flexibility index (Phi) is 10.8. The fraction of sp³-hybridized carbons (Fsp3) is 0.727. The third-order valence-corrected chi connectivity index (χ3v) is 3.50. The standard InChI is InChI=1S/C11H19NO4S2/c13-9(14)5-1-3-7-12-11(17)18-8-4-2-6-10(15)16/h1-8H2,(H,12,17)(H,13,14)(H,15,16). The Balaban J connectivity index is 3.27. The van der Waals surface area contributed by atoms with Crippen LogP contribution in [0.4, 0.5) is 0 Å². The van der Waals surface area contributed by atoms with E-state index in [2.05, 4.69) is 5.32 Å². The summed E-state index contributed by atoms with van der Waals surface area (Å²) in [4.78, 5) is 20.5. The minimum absolute atomic E-state index is 0.191. The molecule has 0 aliphatic carbocycles. The summed E-state index contributed by atoms with van der Waals surface area (Å²) in [5, 5.41) is 19.9. The van der Waals surface area contributed by atoms with E-state index in [1.165, 1.54) is 11.8 Å². The molecule has 0 aliphatic rings. The van der Waals surface area contributed by atoms with Crippen LogP contribution < -0.4 is 5.32 Å². The highest BCUT2D eigenvalue weighted by Gasteiger charge is 2.00. The number of carbonyl (C=O) groups is 2. The third kappa shape index (κ3) is 13.2. The molecule has 3 N–H and O–H groups in total. The summed E-state index contributed by atoms with van der Waals surface area (Å²) in [6, 6.07) is 0. The van der Waals surface area contributed by atoms with Crippen molar-refractivity contribution in [3.05, 3.63) is 0 Å². The number of hydrogen-bond donors (Lipinski definition) is 3. The van der Waals surface area contributed by atoms with Gasteiger partial charge in [-0.15, -0.1) is 0 Å². The zero-order valence-corrected chi connectivity index (χ0v) is 11.8. The molecular formula is C11H19NO4S2. The van der Waals surface area contributed by atoms with Crippen molar-refractivity contribution in [2.24, 2.45) is 0 Å². The lowest BCUT2D eigenvalue weighted by molar-refractivity contribution is -0.138. The molecule has 0 aromatic heterocycles. The largest absolute Gasteiger partial charge is 0.481 e. The van der Waals surface area contributed by atoms with E-state index in [1.807, 2.05) is 0 Å². The summed E-state index contributed by atoms with van der Waals surface area (Å²) in [7, 11) is 0. The van der Waals surface area contributed by atoms with Crippen LogP contribution in [0.15, 0.2) is 0 Å². The summed E-state index contributed by atoms with van der Waals surface area (Å²) in [6.45, 7) is 0.689. The van der Waals surface area contributed by atoms with Gasteiger partial charge in [0, 0.05) is 25.1 Å². The highest BCUT2D eigenvalue weighted by Crippen LogP contribution is 2.07. The van der Waals surface area contributed by atoms with Gasteiger partial charge in [0.05, 0.1) is 0 Å². The Bertz CT molecular complexity index is 258. The van der Waals surface area contributed by atoms with E-state index in [0.29, 0.717) is 23.7 Å². The number of rotatable bonds is 10. The van der Waals surface area contributed by atoms with E-state index in [9.17, 15) is 9.59 Å². The summed E-state index contributed by atoms with van der Waals surface area (Å²) in [5.41, 5.74) is 0. The van der Waals surface area contributed by atoms with E-state index in [-0.39, 0.29) is 12.8 Å². The zero-order valence-electron chi connectivity index (χ0n) is 10.2. The number of hydrogen-bond acceptors (Lipinski definition) is 4. The Labute approximate surface area is 116 Å². The molecule has 7 heteroatoms. The third-order valence-electron chi connectivity index (χ3n) is 2.10. The fourth-order valence-electron chi connectivity index (χ4n) is 1.19. The molecule has 0 saturated carbocycles. The lowest BCUT2D eigenvalue weighted by atomic mass is 10.2. The Morgan fingerprint density at radius 3 is 2.11 bits per heavy atom. The monoisotopic (exact) mass is 293 g/mol. The van der Waals surface area contributed by atoms with E-state index >= 15 is 0 Å². The molecule has 18 heavy (non-hydrogen) atoms. The molecule has 0 aromatic rings. The maximum Gasteiger partial charge on any atom is 0.303 e. The molecule has 0 fully saturated rings. The van der Waals surface area contributed by atoms with Gasteiger partial charge in [-0.3, -0.25) is 9.59 Å². The van der Waals surface area contributed by atoms with E-state index in [1.54, 1.807) is 0 Å². The molecule has 0 radical (unpaired) electrons. The fourth-order valence-corrected chi connectivity index (χ4v) is 2.28. The van der Waals surface area contributed by atoms with E-state index in [4.69, 9.17) is 22.4 Å². The van der Waals surface area contributed by atoms with Crippen LogP contribution in [0.1, 0.15) is 38.5 Å². The summed E-state index contributed by atoms with van der Waals surface area (Å²) in [6.07, 6.45) is 3.33. The SMILES string of the molecule is O=C(O)CCCCNC(=S)SCCCCC(=O)O. The number of carboxylic acid groups (broad SMARTS) is 2. The molecule has 0 spiro atoms. The molecule has 0 aromatic carbocycles. The number of nitrogens with one attached hydrogen (secondary N) is 1. The molecule has 0 unspecified atom stereocenters. The predicted octanol–water partition coefficient (Wildman–Crippen LogP) is 2.10. The molecule has 104 valence electrons. The van der Waals surface area contributed by atoms with Gasteiger partial charge in [-0.1, -0.05) is 24.0 Å². The van der Waals surface area contributed by atoms with Crippen molar-refractivity contribution in [3.63, 3.8) is 0 Å². The van der Waals surface area contributed by atoms with Gasteiger partial charge in [0.2, 0.25) is 0 Å². The van der Waals surface area contributed by atoms with Gasteiger partial charge in [-0.05, 0) is 25.7 Å².